The quantitative estimate of drug-likeness (QED) is 0.762. The average Bonchev–Trinajstić information content (AvgIpc) is 2.94. The number of ether oxygens (including phenoxy) is 1. The van der Waals surface area contributed by atoms with Crippen LogP contribution in [0.25, 0.3) is 0 Å². The second-order valence-corrected chi connectivity index (χ2v) is 8.52. The van der Waals surface area contributed by atoms with E-state index in [1.807, 2.05) is 0 Å². The number of nitrogens with zero attached hydrogens (tertiary/aromatic N) is 1. The zero-order valence-corrected chi connectivity index (χ0v) is 16.4. The summed E-state index contributed by atoms with van der Waals surface area (Å²) in [6.45, 7) is 5.70. The molecule has 2 rings (SSSR count). The van der Waals surface area contributed by atoms with Gasteiger partial charge in [0.1, 0.15) is 5.60 Å². The van der Waals surface area contributed by atoms with Crippen LogP contribution in [-0.2, 0) is 9.53 Å². The molecule has 0 aromatic heterocycles. The summed E-state index contributed by atoms with van der Waals surface area (Å²) in [5, 5.41) is 11.0. The molecule has 1 aromatic rings. The predicted molar refractivity (Wildman–Crippen MR) is 98.9 cm³/mol. The van der Waals surface area contributed by atoms with Gasteiger partial charge in [-0.1, -0.05) is 15.9 Å². The van der Waals surface area contributed by atoms with Crippen molar-refractivity contribution in [1.29, 1.82) is 0 Å². The van der Waals surface area contributed by atoms with Gasteiger partial charge in [-0.05, 0) is 39.0 Å². The molecule has 1 aliphatic rings. The highest BCUT2D eigenvalue weighted by atomic mass is 79.9. The van der Waals surface area contributed by atoms with E-state index in [4.69, 9.17) is 9.84 Å². The van der Waals surface area contributed by atoms with E-state index in [2.05, 4.69) is 21.2 Å². The third-order valence-corrected chi connectivity index (χ3v) is 4.82. The minimum atomic E-state index is -1.09. The fraction of sp³-hybridized carbons (Fsp3) is 0.438. The molecule has 2 amide bonds. The average molecular weight is 431 g/mol. The third-order valence-electron chi connectivity index (χ3n) is 3.16. The highest BCUT2D eigenvalue weighted by molar-refractivity contribution is 9.10. The molecule has 2 N–H and O–H groups in total. The number of thioether (sulfide) groups is 1. The van der Waals surface area contributed by atoms with Crippen molar-refractivity contribution in [3.05, 3.63) is 28.2 Å². The van der Waals surface area contributed by atoms with E-state index in [1.165, 1.54) is 28.8 Å². The molecular weight excluding hydrogens is 412 g/mol. The summed E-state index contributed by atoms with van der Waals surface area (Å²) in [7, 11) is 0. The fourth-order valence-electron chi connectivity index (χ4n) is 2.18. The number of benzene rings is 1. The molecule has 1 atom stereocenters. The number of halogens is 1. The van der Waals surface area contributed by atoms with Crippen LogP contribution in [0, 0.1) is 0 Å². The lowest BCUT2D eigenvalue weighted by Gasteiger charge is -2.27. The Hall–Kier alpha value is -1.74. The fourth-order valence-corrected chi connectivity index (χ4v) is 3.78. The van der Waals surface area contributed by atoms with Crippen LogP contribution in [0.3, 0.4) is 0 Å². The van der Waals surface area contributed by atoms with Crippen LogP contribution in [-0.4, -0.2) is 51.2 Å². The van der Waals surface area contributed by atoms with E-state index >= 15 is 0 Å². The number of rotatable bonds is 3. The summed E-state index contributed by atoms with van der Waals surface area (Å²) in [6, 6.07) is 4.40. The molecule has 7 nitrogen and oxygen atoms in total. The lowest BCUT2D eigenvalue weighted by atomic mass is 10.2. The Morgan fingerprint density at radius 3 is 2.60 bits per heavy atom. The number of carbonyl (C=O) groups excluding carboxylic acids is 2. The molecule has 1 aromatic carbocycles. The van der Waals surface area contributed by atoms with Gasteiger partial charge in [-0.15, -0.1) is 11.8 Å². The van der Waals surface area contributed by atoms with E-state index in [0.29, 0.717) is 22.5 Å². The Labute approximate surface area is 158 Å². The van der Waals surface area contributed by atoms with Gasteiger partial charge in [0, 0.05) is 22.5 Å². The molecule has 0 spiro atoms. The van der Waals surface area contributed by atoms with Gasteiger partial charge in [-0.2, -0.15) is 0 Å². The topological polar surface area (TPSA) is 95.9 Å². The van der Waals surface area contributed by atoms with Crippen molar-refractivity contribution >= 4 is 51.3 Å². The van der Waals surface area contributed by atoms with Gasteiger partial charge in [0.2, 0.25) is 0 Å². The van der Waals surface area contributed by atoms with Crippen molar-refractivity contribution in [3.63, 3.8) is 0 Å². The molecule has 25 heavy (non-hydrogen) atoms. The summed E-state index contributed by atoms with van der Waals surface area (Å²) in [6.07, 6.45) is -0.543. The Kier molecular flexibility index (Phi) is 5.99. The normalized spacial score (nSPS) is 17.3. The van der Waals surface area contributed by atoms with E-state index in [0.717, 1.165) is 0 Å². The van der Waals surface area contributed by atoms with Gasteiger partial charge in [-0.25, -0.2) is 9.59 Å². The summed E-state index contributed by atoms with van der Waals surface area (Å²) in [5.41, 5.74) is -0.257. The number of carbonyl (C=O) groups is 3. The first-order valence-corrected chi connectivity index (χ1v) is 9.37. The second kappa shape index (κ2) is 7.65. The predicted octanol–water partition coefficient (Wildman–Crippen LogP) is 3.40. The molecule has 0 unspecified atom stereocenters. The molecule has 136 valence electrons. The number of hydrogen-bond acceptors (Lipinski definition) is 5. The van der Waals surface area contributed by atoms with Gasteiger partial charge in [0.15, 0.2) is 5.37 Å². The van der Waals surface area contributed by atoms with E-state index in [9.17, 15) is 14.4 Å². The standard InChI is InChI=1S/C16H19BrN2O5S/c1-16(2,3)24-15(23)19-4-5-25-13(19)12(20)18-11-7-9(14(21)22)6-10(17)8-11/h6-8,13H,4-5H2,1-3H3,(H,18,20)(H,21,22)/t13-/m0/s1. The number of hydrogen-bond donors (Lipinski definition) is 2. The van der Waals surface area contributed by atoms with Crippen LogP contribution in [0.5, 0.6) is 0 Å². The molecule has 1 aliphatic heterocycles. The Bertz CT molecular complexity index is 704. The number of aromatic carboxylic acids is 1. The minimum absolute atomic E-state index is 0.0488. The summed E-state index contributed by atoms with van der Waals surface area (Å²) >= 11 is 4.55. The zero-order chi connectivity index (χ0) is 18.8. The van der Waals surface area contributed by atoms with Crippen molar-refractivity contribution in [2.24, 2.45) is 0 Å². The van der Waals surface area contributed by atoms with Crippen LogP contribution in [0.1, 0.15) is 31.1 Å². The first kappa shape index (κ1) is 19.6. The summed E-state index contributed by atoms with van der Waals surface area (Å²) in [4.78, 5) is 37.3. The molecule has 1 heterocycles. The first-order chi connectivity index (χ1) is 11.6. The Balaban J connectivity index is 2.12. The van der Waals surface area contributed by atoms with Crippen molar-refractivity contribution < 1.29 is 24.2 Å². The number of amides is 2. The van der Waals surface area contributed by atoms with Crippen LogP contribution >= 0.6 is 27.7 Å². The van der Waals surface area contributed by atoms with E-state index in [-0.39, 0.29) is 5.56 Å². The zero-order valence-electron chi connectivity index (χ0n) is 14.0. The van der Waals surface area contributed by atoms with Gasteiger partial charge >= 0.3 is 12.1 Å². The van der Waals surface area contributed by atoms with Crippen molar-refractivity contribution in [2.75, 3.05) is 17.6 Å². The number of carboxylic acid groups (broad SMARTS) is 1. The van der Waals surface area contributed by atoms with Gasteiger partial charge in [0.05, 0.1) is 5.56 Å². The van der Waals surface area contributed by atoms with E-state index in [1.54, 1.807) is 26.8 Å². The maximum Gasteiger partial charge on any atom is 0.411 e. The first-order valence-electron chi connectivity index (χ1n) is 7.53. The van der Waals surface area contributed by atoms with Crippen LogP contribution in [0.15, 0.2) is 22.7 Å². The third kappa shape index (κ3) is 5.37. The van der Waals surface area contributed by atoms with Crippen LogP contribution in [0.2, 0.25) is 0 Å². The highest BCUT2D eigenvalue weighted by Crippen LogP contribution is 2.28. The largest absolute Gasteiger partial charge is 0.478 e. The van der Waals surface area contributed by atoms with Crippen LogP contribution in [0.4, 0.5) is 10.5 Å². The van der Waals surface area contributed by atoms with Crippen molar-refractivity contribution in [1.82, 2.24) is 4.90 Å². The molecule has 1 fully saturated rings. The molecular formula is C16H19BrN2O5S. The highest BCUT2D eigenvalue weighted by Gasteiger charge is 2.37. The summed E-state index contributed by atoms with van der Waals surface area (Å²) < 4.78 is 5.86. The molecule has 0 aliphatic carbocycles. The maximum absolute atomic E-state index is 12.5. The lowest BCUT2D eigenvalue weighted by Crippen LogP contribution is -2.44. The minimum Gasteiger partial charge on any atom is -0.478 e. The van der Waals surface area contributed by atoms with Crippen LogP contribution < -0.4 is 5.32 Å². The van der Waals surface area contributed by atoms with Gasteiger partial charge in [-0.3, -0.25) is 9.69 Å². The second-order valence-electron chi connectivity index (χ2n) is 6.42. The number of carboxylic acids is 1. The maximum atomic E-state index is 12.5. The van der Waals surface area contributed by atoms with Crippen molar-refractivity contribution in [3.8, 4) is 0 Å². The molecule has 0 radical (unpaired) electrons. The number of nitrogens with one attached hydrogen (secondary N) is 1. The van der Waals surface area contributed by atoms with Crippen molar-refractivity contribution in [2.45, 2.75) is 31.7 Å². The summed E-state index contributed by atoms with van der Waals surface area (Å²) in [5.74, 6) is -0.874. The Morgan fingerprint density at radius 2 is 2.00 bits per heavy atom. The smallest absolute Gasteiger partial charge is 0.411 e. The molecule has 1 saturated heterocycles. The number of anilines is 1. The van der Waals surface area contributed by atoms with Gasteiger partial charge in [0.25, 0.3) is 5.91 Å². The Morgan fingerprint density at radius 1 is 1.32 bits per heavy atom. The molecule has 0 bridgehead atoms. The molecule has 9 heteroatoms. The molecule has 0 saturated carbocycles. The lowest BCUT2D eigenvalue weighted by molar-refractivity contribution is -0.118. The van der Waals surface area contributed by atoms with E-state index < -0.39 is 28.9 Å². The van der Waals surface area contributed by atoms with Gasteiger partial charge < -0.3 is 15.2 Å². The monoisotopic (exact) mass is 430 g/mol. The SMILES string of the molecule is CC(C)(C)OC(=O)N1CCS[C@H]1C(=O)Nc1cc(Br)cc(C(=O)O)c1.